The summed E-state index contributed by atoms with van der Waals surface area (Å²) in [6.07, 6.45) is 0. The van der Waals surface area contributed by atoms with Crippen LogP contribution in [0.5, 0.6) is 0 Å². The monoisotopic (exact) mass is 459 g/mol. The number of carbonyl (C=O) groups excluding carboxylic acids is 2. The summed E-state index contributed by atoms with van der Waals surface area (Å²) in [5.74, 6) is -0.311. The van der Waals surface area contributed by atoms with Crippen molar-refractivity contribution in [3.05, 3.63) is 57.9 Å². The topological polar surface area (TPSA) is 71.1 Å². The van der Waals surface area contributed by atoms with Gasteiger partial charge in [0.2, 0.25) is 5.91 Å². The number of thiazole rings is 1. The number of anilines is 2. The van der Waals surface area contributed by atoms with E-state index < -0.39 is 0 Å². The van der Waals surface area contributed by atoms with Crippen LogP contribution in [-0.2, 0) is 4.79 Å². The third-order valence-corrected chi connectivity index (χ3v) is 6.45. The molecule has 136 valence electrons. The van der Waals surface area contributed by atoms with Gasteiger partial charge >= 0.3 is 0 Å². The van der Waals surface area contributed by atoms with Crippen molar-refractivity contribution in [2.24, 2.45) is 0 Å². The summed E-state index contributed by atoms with van der Waals surface area (Å²) in [5, 5.41) is 7.97. The number of aromatic nitrogens is 1. The fourth-order valence-electron chi connectivity index (χ4n) is 2.63. The van der Waals surface area contributed by atoms with Gasteiger partial charge in [0.1, 0.15) is 0 Å². The second-order valence-corrected chi connectivity index (χ2v) is 9.12. The number of benzene rings is 2. The molecule has 8 heteroatoms. The lowest BCUT2D eigenvalue weighted by atomic mass is 10.2. The molecule has 4 rings (SSSR count). The maximum Gasteiger partial charge on any atom is 0.257 e. The molecule has 0 saturated heterocycles. The van der Waals surface area contributed by atoms with Crippen LogP contribution in [0, 0.1) is 0 Å². The molecule has 0 radical (unpaired) electrons. The Morgan fingerprint density at radius 2 is 2.11 bits per heavy atom. The first-order chi connectivity index (χ1) is 13.0. The van der Waals surface area contributed by atoms with E-state index >= 15 is 0 Å². The first-order valence-corrected chi connectivity index (χ1v) is 10.7. The number of nitrogens with one attached hydrogen (secondary N) is 2. The molecule has 1 aliphatic heterocycles. The molecule has 1 aliphatic rings. The lowest BCUT2D eigenvalue weighted by molar-refractivity contribution is -0.115. The summed E-state index contributed by atoms with van der Waals surface area (Å²) < 4.78 is 0.974. The number of nitrogens with zero attached hydrogens (tertiary/aromatic N) is 1. The highest BCUT2D eigenvalue weighted by molar-refractivity contribution is 9.10. The Morgan fingerprint density at radius 1 is 1.26 bits per heavy atom. The molecule has 27 heavy (non-hydrogen) atoms. The van der Waals surface area contributed by atoms with Gasteiger partial charge in [-0.15, -0.1) is 23.1 Å². The zero-order chi connectivity index (χ0) is 19.0. The molecule has 0 spiro atoms. The maximum atomic E-state index is 12.6. The lowest BCUT2D eigenvalue weighted by Gasteiger charge is -2.21. The van der Waals surface area contributed by atoms with Gasteiger partial charge in [0.25, 0.3) is 5.91 Å². The molecule has 0 saturated carbocycles. The van der Waals surface area contributed by atoms with Crippen LogP contribution < -0.4 is 10.6 Å². The number of hydrogen-bond acceptors (Lipinski definition) is 5. The van der Waals surface area contributed by atoms with Crippen LogP contribution in [0.4, 0.5) is 10.8 Å². The van der Waals surface area contributed by atoms with Crippen LogP contribution in [0.2, 0.25) is 0 Å². The highest BCUT2D eigenvalue weighted by Crippen LogP contribution is 2.36. The van der Waals surface area contributed by atoms with E-state index in [9.17, 15) is 9.59 Å². The van der Waals surface area contributed by atoms with Crippen molar-refractivity contribution in [2.75, 3.05) is 10.6 Å². The van der Waals surface area contributed by atoms with Gasteiger partial charge in [-0.3, -0.25) is 14.9 Å². The fourth-order valence-corrected chi connectivity index (χ4v) is 4.68. The summed E-state index contributed by atoms with van der Waals surface area (Å²) in [6.45, 7) is 1.86. The highest BCUT2D eigenvalue weighted by Gasteiger charge is 2.24. The number of fused-ring (bicyclic) bond motifs is 1. The molecule has 5 nitrogen and oxygen atoms in total. The molecule has 1 atom stereocenters. The Hall–Kier alpha value is -2.16. The molecule has 2 heterocycles. The molecule has 3 aromatic rings. The van der Waals surface area contributed by atoms with Crippen molar-refractivity contribution in [1.29, 1.82) is 0 Å². The van der Waals surface area contributed by atoms with E-state index in [0.29, 0.717) is 16.4 Å². The smallest absolute Gasteiger partial charge is 0.257 e. The molecular formula is C19H14BrN3O2S2. The Kier molecular flexibility index (Phi) is 5.03. The van der Waals surface area contributed by atoms with Crippen molar-refractivity contribution in [1.82, 2.24) is 4.98 Å². The van der Waals surface area contributed by atoms with E-state index in [-0.39, 0.29) is 17.1 Å². The van der Waals surface area contributed by atoms with E-state index in [0.717, 1.165) is 20.6 Å². The Balaban J connectivity index is 1.52. The van der Waals surface area contributed by atoms with Crippen molar-refractivity contribution in [3.8, 4) is 11.3 Å². The zero-order valence-electron chi connectivity index (χ0n) is 14.2. The molecule has 2 N–H and O–H groups in total. The summed E-state index contributed by atoms with van der Waals surface area (Å²) in [4.78, 5) is 29.9. The fraction of sp³-hybridized carbons (Fsp3) is 0.105. The van der Waals surface area contributed by atoms with Gasteiger partial charge in [-0.25, -0.2) is 4.98 Å². The molecule has 2 amide bonds. The minimum absolute atomic E-state index is 0.0522. The van der Waals surface area contributed by atoms with Crippen molar-refractivity contribution in [3.63, 3.8) is 0 Å². The summed E-state index contributed by atoms with van der Waals surface area (Å²) >= 11 is 6.31. The molecule has 0 aliphatic carbocycles. The predicted molar refractivity (Wildman–Crippen MR) is 114 cm³/mol. The molecule has 0 bridgehead atoms. The Morgan fingerprint density at radius 3 is 2.93 bits per heavy atom. The standard InChI is InChI=1S/C19H14BrN3O2S2/c1-10-17(24)21-14-8-12(5-6-16(14)27-10)18(25)23-19-22-15(9-26-19)11-3-2-4-13(20)7-11/h2-10H,1H3,(H,21,24)(H,22,23,25). The van der Waals surface area contributed by atoms with Crippen molar-refractivity contribution >= 4 is 61.7 Å². The first-order valence-electron chi connectivity index (χ1n) is 8.14. The molecule has 0 fully saturated rings. The van der Waals surface area contributed by atoms with Gasteiger partial charge in [0.05, 0.1) is 16.6 Å². The van der Waals surface area contributed by atoms with E-state index in [1.165, 1.54) is 23.1 Å². The molecule has 1 unspecified atom stereocenters. The number of thioether (sulfide) groups is 1. The largest absolute Gasteiger partial charge is 0.324 e. The van der Waals surface area contributed by atoms with Crippen LogP contribution in [0.3, 0.4) is 0 Å². The third kappa shape index (κ3) is 3.92. The van der Waals surface area contributed by atoms with Crippen LogP contribution in [0.25, 0.3) is 11.3 Å². The van der Waals surface area contributed by atoms with E-state index in [2.05, 4.69) is 31.5 Å². The van der Waals surface area contributed by atoms with E-state index in [1.54, 1.807) is 12.1 Å². The summed E-state index contributed by atoms with van der Waals surface area (Å²) in [7, 11) is 0. The number of carbonyl (C=O) groups is 2. The average molecular weight is 460 g/mol. The third-order valence-electron chi connectivity index (χ3n) is 4.02. The Bertz CT molecular complexity index is 1050. The van der Waals surface area contributed by atoms with Crippen LogP contribution >= 0.6 is 39.0 Å². The van der Waals surface area contributed by atoms with Crippen LogP contribution in [0.15, 0.2) is 57.2 Å². The summed E-state index contributed by atoms with van der Waals surface area (Å²) in [6, 6.07) is 13.2. The van der Waals surface area contributed by atoms with E-state index in [4.69, 9.17) is 0 Å². The van der Waals surface area contributed by atoms with Crippen LogP contribution in [-0.4, -0.2) is 22.0 Å². The normalized spacial score (nSPS) is 15.8. The van der Waals surface area contributed by atoms with Gasteiger partial charge in [-0.05, 0) is 37.3 Å². The number of amides is 2. The minimum Gasteiger partial charge on any atom is -0.324 e. The van der Waals surface area contributed by atoms with E-state index in [1.807, 2.05) is 42.6 Å². The molecule has 1 aromatic heterocycles. The summed E-state index contributed by atoms with van der Waals surface area (Å²) in [5.41, 5.74) is 2.93. The molecule has 2 aromatic carbocycles. The number of hydrogen-bond donors (Lipinski definition) is 2. The van der Waals surface area contributed by atoms with Gasteiger partial charge < -0.3 is 5.32 Å². The number of rotatable bonds is 3. The van der Waals surface area contributed by atoms with Crippen LogP contribution in [0.1, 0.15) is 17.3 Å². The second-order valence-electron chi connectivity index (χ2n) is 5.96. The van der Waals surface area contributed by atoms with Gasteiger partial charge in [-0.2, -0.15) is 0 Å². The van der Waals surface area contributed by atoms with Gasteiger partial charge in [-0.1, -0.05) is 28.1 Å². The Labute approximate surface area is 172 Å². The SMILES string of the molecule is CC1Sc2ccc(C(=O)Nc3nc(-c4cccc(Br)c4)cs3)cc2NC1=O. The number of halogens is 1. The minimum atomic E-state index is -0.259. The lowest BCUT2D eigenvalue weighted by Crippen LogP contribution is -2.26. The van der Waals surface area contributed by atoms with Crippen molar-refractivity contribution in [2.45, 2.75) is 17.1 Å². The molecular weight excluding hydrogens is 446 g/mol. The average Bonchev–Trinajstić information content (AvgIpc) is 3.11. The van der Waals surface area contributed by atoms with Crippen molar-refractivity contribution < 1.29 is 9.59 Å². The first kappa shape index (κ1) is 18.2. The zero-order valence-corrected chi connectivity index (χ0v) is 17.4. The predicted octanol–water partition coefficient (Wildman–Crippen LogP) is 5.26. The maximum absolute atomic E-state index is 12.6. The van der Waals surface area contributed by atoms with Gasteiger partial charge in [0, 0.05) is 25.9 Å². The van der Waals surface area contributed by atoms with Gasteiger partial charge in [0.15, 0.2) is 5.13 Å². The second kappa shape index (κ2) is 7.46. The quantitative estimate of drug-likeness (QED) is 0.560. The highest BCUT2D eigenvalue weighted by atomic mass is 79.9.